The number of aromatic amines is 1. The number of nitrogens with one attached hydrogen (secondary N) is 1. The van der Waals surface area contributed by atoms with E-state index in [1.807, 2.05) is 19.1 Å². The van der Waals surface area contributed by atoms with Gasteiger partial charge in [0, 0.05) is 36.7 Å². The summed E-state index contributed by atoms with van der Waals surface area (Å²) in [5, 5.41) is 18.3. The number of hydrogen-bond acceptors (Lipinski definition) is 6. The van der Waals surface area contributed by atoms with Crippen LogP contribution < -0.4 is 10.6 Å². The molecule has 2 aliphatic heterocycles. The highest BCUT2D eigenvalue weighted by molar-refractivity contribution is 6.30. The van der Waals surface area contributed by atoms with Crippen LogP contribution in [0.2, 0.25) is 5.02 Å². The van der Waals surface area contributed by atoms with Crippen molar-refractivity contribution in [1.29, 1.82) is 0 Å². The highest BCUT2D eigenvalue weighted by atomic mass is 35.5. The number of piperidine rings is 1. The topological polar surface area (TPSA) is 94.3 Å². The maximum Gasteiger partial charge on any atom is 0.246 e. The Labute approximate surface area is 164 Å². The van der Waals surface area contributed by atoms with Gasteiger partial charge in [0.2, 0.25) is 11.9 Å². The standard InChI is InChI=1S/C19H27ClN6O/c1-19(27)11-16(10-13-2-4-14(20)5-3-13)26(12-19)15-6-8-25(9-7-15)18-22-17(21)23-24-18/h2-5,15-16,27H,6-12H2,1H3,(H3,21,22,23,24). The van der Waals surface area contributed by atoms with Gasteiger partial charge in [-0.05, 0) is 50.3 Å². The van der Waals surface area contributed by atoms with Crippen LogP contribution in [0.5, 0.6) is 0 Å². The number of benzene rings is 1. The minimum Gasteiger partial charge on any atom is -0.389 e. The predicted octanol–water partition coefficient (Wildman–Crippen LogP) is 2.08. The third-order valence-electron chi connectivity index (χ3n) is 5.76. The van der Waals surface area contributed by atoms with Crippen molar-refractivity contribution < 1.29 is 5.11 Å². The zero-order valence-electron chi connectivity index (χ0n) is 15.6. The van der Waals surface area contributed by atoms with Crippen molar-refractivity contribution in [2.75, 3.05) is 30.3 Å². The molecule has 2 aliphatic rings. The number of halogens is 1. The van der Waals surface area contributed by atoms with E-state index in [2.05, 4.69) is 37.1 Å². The van der Waals surface area contributed by atoms with E-state index in [1.54, 1.807) is 0 Å². The number of hydrogen-bond donors (Lipinski definition) is 3. The first-order chi connectivity index (χ1) is 12.9. The Morgan fingerprint density at radius 1 is 1.30 bits per heavy atom. The number of β-amino-alcohol motifs (C(OH)–C–C–N with tert-alkyl or cyclic N) is 1. The molecule has 0 saturated carbocycles. The maximum atomic E-state index is 10.7. The van der Waals surface area contributed by atoms with E-state index in [1.165, 1.54) is 5.56 Å². The van der Waals surface area contributed by atoms with E-state index in [9.17, 15) is 5.11 Å². The second-order valence-electron chi connectivity index (χ2n) is 8.10. The summed E-state index contributed by atoms with van der Waals surface area (Å²) >= 11 is 6.01. The Morgan fingerprint density at radius 3 is 2.63 bits per heavy atom. The lowest BCUT2D eigenvalue weighted by Crippen LogP contribution is -2.48. The molecule has 1 aromatic carbocycles. The molecule has 0 aliphatic carbocycles. The van der Waals surface area contributed by atoms with Gasteiger partial charge >= 0.3 is 0 Å². The number of nitrogens with zero attached hydrogens (tertiary/aromatic N) is 4. The Balaban J connectivity index is 1.42. The van der Waals surface area contributed by atoms with Crippen LogP contribution >= 0.6 is 11.6 Å². The number of anilines is 2. The molecule has 2 aromatic rings. The summed E-state index contributed by atoms with van der Waals surface area (Å²) in [7, 11) is 0. The average molecular weight is 391 g/mol. The van der Waals surface area contributed by atoms with Crippen LogP contribution in [-0.4, -0.2) is 62.5 Å². The molecular weight excluding hydrogens is 364 g/mol. The van der Waals surface area contributed by atoms with Crippen LogP contribution in [-0.2, 0) is 6.42 Å². The van der Waals surface area contributed by atoms with Gasteiger partial charge in [0.1, 0.15) is 0 Å². The van der Waals surface area contributed by atoms with Crippen molar-refractivity contribution in [3.63, 3.8) is 0 Å². The summed E-state index contributed by atoms with van der Waals surface area (Å²) in [6.07, 6.45) is 3.79. The molecular formula is C19H27ClN6O. The van der Waals surface area contributed by atoms with Crippen LogP contribution in [0, 0.1) is 0 Å². The zero-order valence-corrected chi connectivity index (χ0v) is 16.4. The zero-order chi connectivity index (χ0) is 19.0. The SMILES string of the molecule is CC1(O)CC(Cc2ccc(Cl)cc2)N(C2CCN(c3n[nH]c(N)n3)CC2)C1. The van der Waals surface area contributed by atoms with E-state index in [0.29, 0.717) is 24.0 Å². The second kappa shape index (κ2) is 7.30. The van der Waals surface area contributed by atoms with Crippen molar-refractivity contribution in [2.24, 2.45) is 0 Å². The second-order valence-corrected chi connectivity index (χ2v) is 8.53. The first-order valence-electron chi connectivity index (χ1n) is 9.55. The summed E-state index contributed by atoms with van der Waals surface area (Å²) < 4.78 is 0. The highest BCUT2D eigenvalue weighted by Crippen LogP contribution is 2.34. The molecule has 0 spiro atoms. The average Bonchev–Trinajstić information content (AvgIpc) is 3.20. The molecule has 1 aromatic heterocycles. The Kier molecular flexibility index (Phi) is 5.01. The Hall–Kier alpha value is -1.83. The molecule has 2 unspecified atom stereocenters. The smallest absolute Gasteiger partial charge is 0.246 e. The van der Waals surface area contributed by atoms with E-state index >= 15 is 0 Å². The monoisotopic (exact) mass is 390 g/mol. The summed E-state index contributed by atoms with van der Waals surface area (Å²) in [5.41, 5.74) is 6.27. The lowest BCUT2D eigenvalue weighted by molar-refractivity contribution is 0.0589. The maximum absolute atomic E-state index is 10.7. The van der Waals surface area contributed by atoms with Crippen molar-refractivity contribution in [1.82, 2.24) is 20.1 Å². The van der Waals surface area contributed by atoms with Gasteiger partial charge < -0.3 is 15.7 Å². The minimum absolute atomic E-state index is 0.344. The third-order valence-corrected chi connectivity index (χ3v) is 6.01. The van der Waals surface area contributed by atoms with Gasteiger partial charge in [0.25, 0.3) is 0 Å². The predicted molar refractivity (Wildman–Crippen MR) is 107 cm³/mol. The van der Waals surface area contributed by atoms with Crippen molar-refractivity contribution in [3.05, 3.63) is 34.9 Å². The van der Waals surface area contributed by atoms with E-state index in [-0.39, 0.29) is 0 Å². The Morgan fingerprint density at radius 2 is 2.00 bits per heavy atom. The van der Waals surface area contributed by atoms with E-state index < -0.39 is 5.60 Å². The lowest BCUT2D eigenvalue weighted by atomic mass is 9.97. The number of rotatable bonds is 4. The first kappa shape index (κ1) is 18.5. The molecule has 0 radical (unpaired) electrons. The third kappa shape index (κ3) is 4.20. The normalized spacial score (nSPS) is 27.4. The van der Waals surface area contributed by atoms with Crippen molar-refractivity contribution in [3.8, 4) is 0 Å². The molecule has 0 amide bonds. The number of nitrogen functional groups attached to an aromatic ring is 1. The van der Waals surface area contributed by atoms with E-state index in [0.717, 1.165) is 50.3 Å². The molecule has 4 rings (SSSR count). The van der Waals surface area contributed by atoms with Crippen LogP contribution in [0.4, 0.5) is 11.9 Å². The number of nitrogens with two attached hydrogens (primary N) is 1. The molecule has 7 nitrogen and oxygen atoms in total. The summed E-state index contributed by atoms with van der Waals surface area (Å²) in [5.74, 6) is 1.03. The van der Waals surface area contributed by atoms with Crippen molar-refractivity contribution >= 4 is 23.5 Å². The fourth-order valence-electron chi connectivity index (χ4n) is 4.53. The molecule has 2 atom stereocenters. The summed E-state index contributed by atoms with van der Waals surface area (Å²) in [6.45, 7) is 4.47. The first-order valence-corrected chi connectivity index (χ1v) is 9.93. The molecule has 2 fully saturated rings. The van der Waals surface area contributed by atoms with Crippen LogP contribution in [0.1, 0.15) is 31.7 Å². The van der Waals surface area contributed by atoms with Gasteiger partial charge in [-0.15, -0.1) is 5.10 Å². The number of aliphatic hydroxyl groups is 1. The van der Waals surface area contributed by atoms with Crippen molar-refractivity contribution in [2.45, 2.75) is 50.3 Å². The van der Waals surface area contributed by atoms with Gasteiger partial charge in [-0.1, -0.05) is 23.7 Å². The molecule has 146 valence electrons. The molecule has 27 heavy (non-hydrogen) atoms. The fourth-order valence-corrected chi connectivity index (χ4v) is 4.65. The summed E-state index contributed by atoms with van der Waals surface area (Å²) in [4.78, 5) is 8.92. The van der Waals surface area contributed by atoms with Gasteiger partial charge in [0.15, 0.2) is 0 Å². The molecule has 4 N–H and O–H groups in total. The van der Waals surface area contributed by atoms with Crippen LogP contribution in [0.25, 0.3) is 0 Å². The molecule has 3 heterocycles. The summed E-state index contributed by atoms with van der Waals surface area (Å²) in [6, 6.07) is 8.86. The quantitative estimate of drug-likeness (QED) is 0.739. The van der Waals surface area contributed by atoms with Gasteiger partial charge in [-0.3, -0.25) is 4.90 Å². The van der Waals surface area contributed by atoms with Gasteiger partial charge in [-0.25, -0.2) is 5.10 Å². The van der Waals surface area contributed by atoms with Gasteiger partial charge in [0.05, 0.1) is 5.60 Å². The van der Waals surface area contributed by atoms with E-state index in [4.69, 9.17) is 17.3 Å². The Bertz CT molecular complexity index is 769. The highest BCUT2D eigenvalue weighted by Gasteiger charge is 2.42. The molecule has 0 bridgehead atoms. The number of aromatic nitrogens is 3. The number of H-pyrrole nitrogens is 1. The minimum atomic E-state index is -0.633. The van der Waals surface area contributed by atoms with Gasteiger partial charge in [-0.2, -0.15) is 4.98 Å². The molecule has 2 saturated heterocycles. The fraction of sp³-hybridized carbons (Fsp3) is 0.579. The molecule has 8 heteroatoms. The number of likely N-dealkylation sites (tertiary alicyclic amines) is 1. The largest absolute Gasteiger partial charge is 0.389 e. The van der Waals surface area contributed by atoms with Crippen LogP contribution in [0.15, 0.2) is 24.3 Å². The lowest BCUT2D eigenvalue weighted by Gasteiger charge is -2.39. The van der Waals surface area contributed by atoms with Crippen LogP contribution in [0.3, 0.4) is 0 Å².